The molecule has 3 rings (SSSR count). The average molecular weight is 293 g/mol. The lowest BCUT2D eigenvalue weighted by Gasteiger charge is -2.10. The number of carboxylic acids is 1. The van der Waals surface area contributed by atoms with Crippen molar-refractivity contribution < 1.29 is 14.7 Å². The Bertz CT molecular complexity index is 588. The van der Waals surface area contributed by atoms with Gasteiger partial charge in [-0.15, -0.1) is 11.3 Å². The Morgan fingerprint density at radius 2 is 1.95 bits per heavy atom. The van der Waals surface area contributed by atoms with Crippen molar-refractivity contribution >= 4 is 28.2 Å². The predicted molar refractivity (Wildman–Crippen MR) is 78.4 cm³/mol. The summed E-state index contributed by atoms with van der Waals surface area (Å²) in [5.41, 5.74) is 1.33. The molecule has 2 aliphatic carbocycles. The molecular formula is C15H19NO3S. The molecular weight excluding hydrogens is 274 g/mol. The van der Waals surface area contributed by atoms with Crippen molar-refractivity contribution in [1.82, 2.24) is 0 Å². The number of carbonyl (C=O) groups is 2. The maximum absolute atomic E-state index is 12.2. The van der Waals surface area contributed by atoms with E-state index >= 15 is 0 Å². The van der Waals surface area contributed by atoms with Crippen LogP contribution in [0.4, 0.5) is 5.00 Å². The highest BCUT2D eigenvalue weighted by molar-refractivity contribution is 7.17. The normalized spacial score (nSPS) is 23.0. The minimum Gasteiger partial charge on any atom is -0.478 e. The van der Waals surface area contributed by atoms with E-state index in [1.54, 1.807) is 0 Å². The zero-order valence-electron chi connectivity index (χ0n) is 11.8. The van der Waals surface area contributed by atoms with E-state index in [0.717, 1.165) is 42.5 Å². The standard InChI is InChI=1S/C15H19NO3S/c1-15(2)7-9(15)12(17)16-13-11(14(18)19)8-5-3-4-6-10(8)20-13/h9H,3-7H2,1-2H3,(H,16,17)(H,18,19). The first-order valence-corrected chi connectivity index (χ1v) is 7.90. The van der Waals surface area contributed by atoms with E-state index in [0.29, 0.717) is 10.6 Å². The highest BCUT2D eigenvalue weighted by atomic mass is 32.1. The fourth-order valence-electron chi connectivity index (χ4n) is 2.99. The van der Waals surface area contributed by atoms with Gasteiger partial charge in [0.2, 0.25) is 5.91 Å². The Morgan fingerprint density at radius 1 is 1.30 bits per heavy atom. The van der Waals surface area contributed by atoms with Crippen molar-refractivity contribution in [2.75, 3.05) is 5.32 Å². The molecule has 1 unspecified atom stereocenters. The number of rotatable bonds is 3. The van der Waals surface area contributed by atoms with Crippen LogP contribution in [0.15, 0.2) is 0 Å². The number of anilines is 1. The van der Waals surface area contributed by atoms with Crippen LogP contribution >= 0.6 is 11.3 Å². The Kier molecular flexibility index (Phi) is 3.12. The van der Waals surface area contributed by atoms with Gasteiger partial charge in [0.05, 0.1) is 5.56 Å². The number of amides is 1. The topological polar surface area (TPSA) is 66.4 Å². The molecule has 1 amide bonds. The summed E-state index contributed by atoms with van der Waals surface area (Å²) in [5, 5.41) is 12.8. The number of aromatic carboxylic acids is 1. The van der Waals surface area contributed by atoms with Gasteiger partial charge in [-0.1, -0.05) is 13.8 Å². The van der Waals surface area contributed by atoms with Crippen LogP contribution in [0.25, 0.3) is 0 Å². The number of carbonyl (C=O) groups excluding carboxylic acids is 1. The average Bonchev–Trinajstić information content (AvgIpc) is 2.86. The SMILES string of the molecule is CC1(C)CC1C(=O)Nc1sc2c(c1C(=O)O)CCCC2. The van der Waals surface area contributed by atoms with Crippen molar-refractivity contribution in [3.05, 3.63) is 16.0 Å². The summed E-state index contributed by atoms with van der Waals surface area (Å²) in [6.45, 7) is 4.13. The first kappa shape index (κ1) is 13.6. The first-order valence-electron chi connectivity index (χ1n) is 7.09. The van der Waals surface area contributed by atoms with E-state index in [1.807, 2.05) is 0 Å². The number of hydrogen-bond acceptors (Lipinski definition) is 3. The van der Waals surface area contributed by atoms with E-state index < -0.39 is 5.97 Å². The minimum absolute atomic E-state index is 0.0169. The van der Waals surface area contributed by atoms with Gasteiger partial charge in [0.1, 0.15) is 5.00 Å². The second kappa shape index (κ2) is 4.58. The molecule has 2 N–H and O–H groups in total. The van der Waals surface area contributed by atoms with Gasteiger partial charge in [0.15, 0.2) is 0 Å². The van der Waals surface area contributed by atoms with E-state index in [1.165, 1.54) is 11.3 Å². The van der Waals surface area contributed by atoms with Gasteiger partial charge < -0.3 is 10.4 Å². The molecule has 0 radical (unpaired) electrons. The van der Waals surface area contributed by atoms with Crippen molar-refractivity contribution in [2.24, 2.45) is 11.3 Å². The lowest BCUT2D eigenvalue weighted by molar-refractivity contribution is -0.117. The number of thiophene rings is 1. The molecule has 20 heavy (non-hydrogen) atoms. The fourth-order valence-corrected chi connectivity index (χ4v) is 4.28. The van der Waals surface area contributed by atoms with Crippen LogP contribution < -0.4 is 5.32 Å². The van der Waals surface area contributed by atoms with Gasteiger partial charge in [-0.25, -0.2) is 4.79 Å². The van der Waals surface area contributed by atoms with E-state index in [9.17, 15) is 14.7 Å². The number of aryl methyl sites for hydroxylation is 1. The van der Waals surface area contributed by atoms with Gasteiger partial charge in [0, 0.05) is 10.8 Å². The Balaban J connectivity index is 1.88. The van der Waals surface area contributed by atoms with E-state index in [2.05, 4.69) is 19.2 Å². The van der Waals surface area contributed by atoms with Crippen molar-refractivity contribution in [3.63, 3.8) is 0 Å². The molecule has 1 aromatic rings. The summed E-state index contributed by atoms with van der Waals surface area (Å²) < 4.78 is 0. The van der Waals surface area contributed by atoms with Crippen LogP contribution in [0.1, 0.15) is 53.9 Å². The minimum atomic E-state index is -0.922. The number of carboxylic acid groups (broad SMARTS) is 1. The van der Waals surface area contributed by atoms with Crippen LogP contribution in [0, 0.1) is 11.3 Å². The third-order valence-electron chi connectivity index (χ3n) is 4.45. The number of nitrogens with one attached hydrogen (secondary N) is 1. The van der Waals surface area contributed by atoms with Crippen molar-refractivity contribution in [1.29, 1.82) is 0 Å². The van der Waals surface area contributed by atoms with Gasteiger partial charge in [0.25, 0.3) is 0 Å². The Hall–Kier alpha value is -1.36. The smallest absolute Gasteiger partial charge is 0.339 e. The summed E-state index contributed by atoms with van der Waals surface area (Å²) in [4.78, 5) is 24.8. The summed E-state index contributed by atoms with van der Waals surface area (Å²) >= 11 is 1.45. The molecule has 0 aliphatic heterocycles. The molecule has 1 aromatic heterocycles. The van der Waals surface area contributed by atoms with Gasteiger partial charge >= 0.3 is 5.97 Å². The second-order valence-electron chi connectivity index (χ2n) is 6.45. The molecule has 0 spiro atoms. The van der Waals surface area contributed by atoms with Crippen LogP contribution in [0.5, 0.6) is 0 Å². The third kappa shape index (κ3) is 2.24. The predicted octanol–water partition coefficient (Wildman–Crippen LogP) is 3.31. The Labute approximate surface area is 122 Å². The quantitative estimate of drug-likeness (QED) is 0.898. The molecule has 0 aromatic carbocycles. The van der Waals surface area contributed by atoms with Crippen LogP contribution in [0.2, 0.25) is 0 Å². The Morgan fingerprint density at radius 3 is 2.55 bits per heavy atom. The van der Waals surface area contributed by atoms with Gasteiger partial charge in [-0.05, 0) is 43.1 Å². The molecule has 0 saturated heterocycles. The molecule has 4 nitrogen and oxygen atoms in total. The maximum atomic E-state index is 12.2. The second-order valence-corrected chi connectivity index (χ2v) is 7.56. The molecule has 1 atom stereocenters. The van der Waals surface area contributed by atoms with E-state index in [-0.39, 0.29) is 17.2 Å². The lowest BCUT2D eigenvalue weighted by atomic mass is 9.95. The summed E-state index contributed by atoms with van der Waals surface area (Å²) in [6, 6.07) is 0. The summed E-state index contributed by atoms with van der Waals surface area (Å²) in [6.07, 6.45) is 4.78. The molecule has 2 aliphatic rings. The molecule has 1 heterocycles. The highest BCUT2D eigenvalue weighted by Crippen LogP contribution is 2.52. The zero-order valence-corrected chi connectivity index (χ0v) is 12.6. The van der Waals surface area contributed by atoms with Crippen LogP contribution in [-0.2, 0) is 17.6 Å². The highest BCUT2D eigenvalue weighted by Gasteiger charge is 2.50. The largest absolute Gasteiger partial charge is 0.478 e. The summed E-state index contributed by atoms with van der Waals surface area (Å²) in [7, 11) is 0. The summed E-state index contributed by atoms with van der Waals surface area (Å²) in [5.74, 6) is -0.936. The zero-order chi connectivity index (χ0) is 14.5. The molecule has 1 saturated carbocycles. The van der Waals surface area contributed by atoms with Crippen LogP contribution in [-0.4, -0.2) is 17.0 Å². The molecule has 108 valence electrons. The number of hydrogen-bond donors (Lipinski definition) is 2. The molecule has 0 bridgehead atoms. The van der Waals surface area contributed by atoms with Gasteiger partial charge in [-0.2, -0.15) is 0 Å². The molecule has 1 fully saturated rings. The lowest BCUT2D eigenvalue weighted by Crippen LogP contribution is -2.17. The van der Waals surface area contributed by atoms with Crippen LogP contribution in [0.3, 0.4) is 0 Å². The van der Waals surface area contributed by atoms with Crippen molar-refractivity contribution in [2.45, 2.75) is 46.0 Å². The van der Waals surface area contributed by atoms with Gasteiger partial charge in [-0.3, -0.25) is 4.79 Å². The monoisotopic (exact) mass is 293 g/mol. The third-order valence-corrected chi connectivity index (χ3v) is 5.66. The van der Waals surface area contributed by atoms with Crippen molar-refractivity contribution in [3.8, 4) is 0 Å². The number of fused-ring (bicyclic) bond motifs is 1. The van der Waals surface area contributed by atoms with E-state index in [4.69, 9.17) is 0 Å². The maximum Gasteiger partial charge on any atom is 0.339 e. The first-order chi connectivity index (χ1) is 9.40. The molecule has 5 heteroatoms. The fraction of sp³-hybridized carbons (Fsp3) is 0.600.